The number of anilines is 1. The Morgan fingerprint density at radius 1 is 1.37 bits per heavy atom. The number of methoxy groups -OCH3 is 1. The number of carbonyl (C=O) groups is 1. The molecule has 0 aliphatic carbocycles. The second-order valence-corrected chi connectivity index (χ2v) is 8.32. The molecule has 0 saturated carbocycles. The third-order valence-corrected chi connectivity index (χ3v) is 6.01. The number of nitrogens with zero attached hydrogens (tertiary/aromatic N) is 1. The Labute approximate surface area is 175 Å². The van der Waals surface area contributed by atoms with Gasteiger partial charge in [0.1, 0.15) is 11.7 Å². The Morgan fingerprint density at radius 2 is 2.15 bits per heavy atom. The van der Waals surface area contributed by atoms with E-state index in [-0.39, 0.29) is 12.0 Å². The highest BCUT2D eigenvalue weighted by Crippen LogP contribution is 2.50. The van der Waals surface area contributed by atoms with Gasteiger partial charge < -0.3 is 14.8 Å². The van der Waals surface area contributed by atoms with Crippen LogP contribution in [0.3, 0.4) is 0 Å². The van der Waals surface area contributed by atoms with Crippen molar-refractivity contribution in [1.29, 1.82) is 0 Å². The number of ether oxygens (including phenoxy) is 2. The van der Waals surface area contributed by atoms with Crippen LogP contribution in [0.5, 0.6) is 5.75 Å². The van der Waals surface area contributed by atoms with Gasteiger partial charge in [0, 0.05) is 20.7 Å². The lowest BCUT2D eigenvalue weighted by Crippen LogP contribution is -2.71. The standard InChI is InChI=1S/C19H16BrClN2O3S/c1-19-15(17(24)25-2)16(13-8-10(20)6-7-14(13)26-19)22-18(27)23(19)12-5-3-4-11(21)9-12/h3-9,15-16H,1-2H3,(H,22,27). The van der Waals surface area contributed by atoms with Crippen LogP contribution in [0.2, 0.25) is 5.02 Å². The fourth-order valence-electron chi connectivity index (χ4n) is 3.85. The van der Waals surface area contributed by atoms with Crippen LogP contribution in [0, 0.1) is 5.92 Å². The number of halogens is 2. The molecule has 2 bridgehead atoms. The van der Waals surface area contributed by atoms with Gasteiger partial charge in [-0.25, -0.2) is 0 Å². The van der Waals surface area contributed by atoms with Crippen molar-refractivity contribution in [1.82, 2.24) is 5.32 Å². The molecule has 2 aromatic rings. The number of nitrogens with one attached hydrogen (secondary N) is 1. The Morgan fingerprint density at radius 3 is 2.85 bits per heavy atom. The predicted octanol–water partition coefficient (Wildman–Crippen LogP) is 4.44. The molecule has 1 N–H and O–H groups in total. The van der Waals surface area contributed by atoms with Crippen molar-refractivity contribution in [3.8, 4) is 5.75 Å². The summed E-state index contributed by atoms with van der Waals surface area (Å²) >= 11 is 15.3. The Bertz CT molecular complexity index is 956. The number of fused-ring (bicyclic) bond motifs is 4. The van der Waals surface area contributed by atoms with E-state index in [4.69, 9.17) is 33.3 Å². The highest BCUT2D eigenvalue weighted by molar-refractivity contribution is 9.10. The van der Waals surface area contributed by atoms with E-state index < -0.39 is 11.6 Å². The first kappa shape index (κ1) is 18.5. The van der Waals surface area contributed by atoms with Crippen molar-refractivity contribution in [3.63, 3.8) is 0 Å². The van der Waals surface area contributed by atoms with E-state index in [9.17, 15) is 4.79 Å². The summed E-state index contributed by atoms with van der Waals surface area (Å²) in [5.41, 5.74) is 0.506. The maximum absolute atomic E-state index is 12.8. The van der Waals surface area contributed by atoms with Gasteiger partial charge in [-0.3, -0.25) is 9.69 Å². The molecule has 27 heavy (non-hydrogen) atoms. The maximum atomic E-state index is 12.8. The normalized spacial score (nSPS) is 25.9. The largest absolute Gasteiger partial charge is 0.469 e. The minimum absolute atomic E-state index is 0.369. The molecule has 3 atom stereocenters. The molecule has 0 radical (unpaired) electrons. The zero-order chi connectivity index (χ0) is 19.3. The van der Waals surface area contributed by atoms with E-state index in [1.54, 1.807) is 17.0 Å². The van der Waals surface area contributed by atoms with Crippen LogP contribution < -0.4 is 15.0 Å². The Kier molecular flexibility index (Phi) is 4.56. The Hall–Kier alpha value is -1.83. The van der Waals surface area contributed by atoms with Crippen molar-refractivity contribution in [3.05, 3.63) is 57.5 Å². The van der Waals surface area contributed by atoms with E-state index in [0.717, 1.165) is 15.7 Å². The summed E-state index contributed by atoms with van der Waals surface area (Å²) in [6, 6.07) is 12.6. The predicted molar refractivity (Wildman–Crippen MR) is 111 cm³/mol. The van der Waals surface area contributed by atoms with E-state index in [0.29, 0.717) is 15.9 Å². The molecule has 4 rings (SSSR count). The maximum Gasteiger partial charge on any atom is 0.317 e. The molecule has 2 aliphatic heterocycles. The van der Waals surface area contributed by atoms with Crippen LogP contribution in [0.1, 0.15) is 18.5 Å². The van der Waals surface area contributed by atoms with Crippen molar-refractivity contribution in [2.75, 3.05) is 12.0 Å². The molecule has 1 saturated heterocycles. The first-order chi connectivity index (χ1) is 12.8. The van der Waals surface area contributed by atoms with Crippen LogP contribution in [-0.2, 0) is 9.53 Å². The van der Waals surface area contributed by atoms with E-state index >= 15 is 0 Å². The van der Waals surface area contributed by atoms with Crippen molar-refractivity contribution in [2.45, 2.75) is 18.7 Å². The smallest absolute Gasteiger partial charge is 0.317 e. The summed E-state index contributed by atoms with van der Waals surface area (Å²) in [4.78, 5) is 14.6. The summed E-state index contributed by atoms with van der Waals surface area (Å²) in [5, 5.41) is 4.32. The molecule has 5 nitrogen and oxygen atoms in total. The van der Waals surface area contributed by atoms with Crippen molar-refractivity contribution >= 4 is 56.5 Å². The van der Waals surface area contributed by atoms with Gasteiger partial charge in [0.15, 0.2) is 5.11 Å². The van der Waals surface area contributed by atoms with E-state index in [1.165, 1.54) is 7.11 Å². The third-order valence-electron chi connectivity index (χ3n) is 4.98. The molecule has 3 unspecified atom stereocenters. The van der Waals surface area contributed by atoms with Crippen molar-refractivity contribution < 1.29 is 14.3 Å². The highest BCUT2D eigenvalue weighted by Gasteiger charge is 2.59. The molecule has 1 fully saturated rings. The molecule has 140 valence electrons. The first-order valence-corrected chi connectivity index (χ1v) is 9.85. The molecular formula is C19H16BrClN2O3S. The monoisotopic (exact) mass is 466 g/mol. The summed E-state index contributed by atoms with van der Waals surface area (Å²) in [6.07, 6.45) is 0. The zero-order valence-electron chi connectivity index (χ0n) is 14.5. The number of hydrogen-bond donors (Lipinski definition) is 1. The van der Waals surface area contributed by atoms with Crippen LogP contribution in [0.25, 0.3) is 0 Å². The lowest BCUT2D eigenvalue weighted by molar-refractivity contribution is -0.157. The number of rotatable bonds is 2. The van der Waals surface area contributed by atoms with E-state index in [2.05, 4.69) is 21.2 Å². The molecular weight excluding hydrogens is 452 g/mol. The number of esters is 1. The van der Waals surface area contributed by atoms with E-state index in [1.807, 2.05) is 37.3 Å². The summed E-state index contributed by atoms with van der Waals surface area (Å²) in [6.45, 7) is 1.85. The number of hydrogen-bond acceptors (Lipinski definition) is 4. The average molecular weight is 468 g/mol. The van der Waals surface area contributed by atoms with Gasteiger partial charge in [0.05, 0.1) is 13.2 Å². The molecule has 2 aliphatic rings. The van der Waals surface area contributed by atoms with Gasteiger partial charge in [0.2, 0.25) is 5.72 Å². The SMILES string of the molecule is COC(=O)C1C2NC(=S)N(c3cccc(Cl)c3)C1(C)Oc1ccc(Br)cc12. The van der Waals surface area contributed by atoms with Crippen LogP contribution >= 0.6 is 39.7 Å². The first-order valence-electron chi connectivity index (χ1n) is 8.28. The lowest BCUT2D eigenvalue weighted by atomic mass is 9.79. The quantitative estimate of drug-likeness (QED) is 0.521. The lowest BCUT2D eigenvalue weighted by Gasteiger charge is -2.55. The highest BCUT2D eigenvalue weighted by atomic mass is 79.9. The van der Waals surface area contributed by atoms with Crippen LogP contribution in [-0.4, -0.2) is 23.9 Å². The number of benzene rings is 2. The fourth-order valence-corrected chi connectivity index (χ4v) is 4.82. The average Bonchev–Trinajstić information content (AvgIpc) is 2.61. The van der Waals surface area contributed by atoms with Gasteiger partial charge in [-0.05, 0) is 55.5 Å². The molecule has 0 aromatic heterocycles. The third kappa shape index (κ3) is 2.88. The molecule has 0 spiro atoms. The summed E-state index contributed by atoms with van der Waals surface area (Å²) in [7, 11) is 1.37. The van der Waals surface area contributed by atoms with Gasteiger partial charge in [-0.15, -0.1) is 0 Å². The van der Waals surface area contributed by atoms with Crippen LogP contribution in [0.4, 0.5) is 5.69 Å². The summed E-state index contributed by atoms with van der Waals surface area (Å²) < 4.78 is 12.4. The van der Waals surface area contributed by atoms with Gasteiger partial charge in [0.25, 0.3) is 0 Å². The number of thiocarbonyl (C=S) groups is 1. The molecule has 2 aromatic carbocycles. The molecule has 2 heterocycles. The fraction of sp³-hybridized carbons (Fsp3) is 0.263. The van der Waals surface area contributed by atoms with Gasteiger partial charge in [-0.1, -0.05) is 33.6 Å². The van der Waals surface area contributed by atoms with Gasteiger partial charge >= 0.3 is 5.97 Å². The Balaban J connectivity index is 1.92. The summed E-state index contributed by atoms with van der Waals surface area (Å²) in [5.74, 6) is -0.335. The van der Waals surface area contributed by atoms with Crippen LogP contribution in [0.15, 0.2) is 46.9 Å². The van der Waals surface area contributed by atoms with Crippen molar-refractivity contribution in [2.24, 2.45) is 5.92 Å². The molecule has 8 heteroatoms. The van der Waals surface area contributed by atoms with Gasteiger partial charge in [-0.2, -0.15) is 0 Å². The second-order valence-electron chi connectivity index (χ2n) is 6.58. The number of carbonyl (C=O) groups excluding carboxylic acids is 1. The minimum Gasteiger partial charge on any atom is -0.469 e. The minimum atomic E-state index is -1.08. The second kappa shape index (κ2) is 6.65. The zero-order valence-corrected chi connectivity index (χ0v) is 17.7. The molecule has 0 amide bonds. The topological polar surface area (TPSA) is 50.8 Å².